The predicted octanol–water partition coefficient (Wildman–Crippen LogP) is 2.08. The maximum absolute atomic E-state index is 10.5. The lowest BCUT2D eigenvalue weighted by atomic mass is 10.2. The summed E-state index contributed by atoms with van der Waals surface area (Å²) in [6.07, 6.45) is 0. The van der Waals surface area contributed by atoms with Crippen molar-refractivity contribution in [1.29, 1.82) is 0 Å². The highest BCUT2D eigenvalue weighted by atomic mass is 28.3. The summed E-state index contributed by atoms with van der Waals surface area (Å²) in [5.74, 6) is -0.179. The number of ether oxygens (including phenoxy) is 1. The van der Waals surface area contributed by atoms with Crippen LogP contribution < -0.4 is 0 Å². The van der Waals surface area contributed by atoms with Gasteiger partial charge in [-0.05, 0) is 5.04 Å². The van der Waals surface area contributed by atoms with E-state index in [1.807, 2.05) is 0 Å². The van der Waals surface area contributed by atoms with E-state index in [0.29, 0.717) is 6.61 Å². The molecule has 0 rings (SSSR count). The van der Waals surface area contributed by atoms with Gasteiger partial charge in [0, 0.05) is 6.92 Å². The van der Waals surface area contributed by atoms with Gasteiger partial charge in [-0.2, -0.15) is 0 Å². The molecule has 0 aromatic heterocycles. The van der Waals surface area contributed by atoms with Gasteiger partial charge in [0.15, 0.2) is 0 Å². The van der Waals surface area contributed by atoms with Crippen molar-refractivity contribution in [3.63, 3.8) is 0 Å². The van der Waals surface area contributed by atoms with E-state index in [9.17, 15) is 4.79 Å². The summed E-state index contributed by atoms with van der Waals surface area (Å²) in [4.78, 5) is 10.5. The highest BCUT2D eigenvalue weighted by molar-refractivity contribution is 6.59. The summed E-state index contributed by atoms with van der Waals surface area (Å²) >= 11 is 0. The predicted molar refractivity (Wildman–Crippen MR) is 48.2 cm³/mol. The molecule has 0 aromatic carbocycles. The average molecular weight is 173 g/mol. The SMILES string of the molecule is CC(=O)OCC(C)(C)[Si](C)C. The Morgan fingerprint density at radius 1 is 1.45 bits per heavy atom. The zero-order valence-corrected chi connectivity index (χ0v) is 9.02. The molecule has 0 saturated carbocycles. The van der Waals surface area contributed by atoms with Crippen LogP contribution in [0.25, 0.3) is 0 Å². The van der Waals surface area contributed by atoms with Gasteiger partial charge in [0.05, 0.1) is 15.4 Å². The smallest absolute Gasteiger partial charge is 0.302 e. The molecule has 0 saturated heterocycles. The minimum Gasteiger partial charge on any atom is -0.466 e. The summed E-state index contributed by atoms with van der Waals surface area (Å²) < 4.78 is 4.95. The monoisotopic (exact) mass is 173 g/mol. The fourth-order valence-corrected chi connectivity index (χ4v) is 0.787. The van der Waals surface area contributed by atoms with E-state index in [1.165, 1.54) is 6.92 Å². The highest BCUT2D eigenvalue weighted by Gasteiger charge is 2.24. The molecule has 0 amide bonds. The quantitative estimate of drug-likeness (QED) is 0.482. The first-order valence-electron chi connectivity index (χ1n) is 3.80. The van der Waals surface area contributed by atoms with Gasteiger partial charge in [-0.1, -0.05) is 26.9 Å². The molecule has 0 spiro atoms. The van der Waals surface area contributed by atoms with Crippen LogP contribution in [0.1, 0.15) is 20.8 Å². The van der Waals surface area contributed by atoms with Gasteiger partial charge in [-0.25, -0.2) is 0 Å². The Kier molecular flexibility index (Phi) is 3.79. The minimum atomic E-state index is -0.384. The van der Waals surface area contributed by atoms with Crippen LogP contribution in [-0.4, -0.2) is 21.4 Å². The first kappa shape index (κ1) is 10.7. The van der Waals surface area contributed by atoms with Gasteiger partial charge in [0.25, 0.3) is 0 Å². The second-order valence-electron chi connectivity index (χ2n) is 3.66. The molecule has 0 fully saturated rings. The number of carbonyl (C=O) groups is 1. The molecule has 65 valence electrons. The molecule has 0 unspecified atom stereocenters. The zero-order valence-electron chi connectivity index (χ0n) is 8.02. The lowest BCUT2D eigenvalue weighted by Crippen LogP contribution is -2.27. The third-order valence-corrected chi connectivity index (χ3v) is 4.84. The summed E-state index contributed by atoms with van der Waals surface area (Å²) in [5.41, 5.74) is 0. The number of hydrogen-bond acceptors (Lipinski definition) is 2. The van der Waals surface area contributed by atoms with E-state index >= 15 is 0 Å². The van der Waals surface area contributed by atoms with Crippen molar-refractivity contribution >= 4 is 14.8 Å². The van der Waals surface area contributed by atoms with Crippen molar-refractivity contribution < 1.29 is 9.53 Å². The molecule has 0 atom stereocenters. The molecule has 11 heavy (non-hydrogen) atoms. The lowest BCUT2D eigenvalue weighted by molar-refractivity contribution is -0.141. The summed E-state index contributed by atoms with van der Waals surface area (Å²) in [6.45, 7) is 10.8. The maximum atomic E-state index is 10.5. The van der Waals surface area contributed by atoms with E-state index in [2.05, 4.69) is 26.9 Å². The number of rotatable bonds is 3. The normalized spacial score (nSPS) is 11.8. The number of hydrogen-bond donors (Lipinski definition) is 0. The summed E-state index contributed by atoms with van der Waals surface area (Å²) in [6, 6.07) is 0. The van der Waals surface area contributed by atoms with Crippen LogP contribution in [0, 0.1) is 0 Å². The van der Waals surface area contributed by atoms with Crippen molar-refractivity contribution in [3.8, 4) is 0 Å². The Hall–Kier alpha value is -0.313. The highest BCUT2D eigenvalue weighted by Crippen LogP contribution is 2.28. The molecule has 0 aliphatic heterocycles. The van der Waals surface area contributed by atoms with Gasteiger partial charge in [0.1, 0.15) is 0 Å². The molecule has 0 aliphatic rings. The number of carbonyl (C=O) groups excluding carboxylic acids is 1. The molecule has 1 radical (unpaired) electrons. The molecule has 2 nitrogen and oxygen atoms in total. The van der Waals surface area contributed by atoms with Gasteiger partial charge >= 0.3 is 5.97 Å². The Bertz CT molecular complexity index is 141. The van der Waals surface area contributed by atoms with E-state index < -0.39 is 0 Å². The minimum absolute atomic E-state index is 0.179. The van der Waals surface area contributed by atoms with Crippen molar-refractivity contribution in [3.05, 3.63) is 0 Å². The van der Waals surface area contributed by atoms with Crippen LogP contribution in [-0.2, 0) is 9.53 Å². The largest absolute Gasteiger partial charge is 0.466 e. The van der Waals surface area contributed by atoms with Crippen LogP contribution in [0.5, 0.6) is 0 Å². The third-order valence-electron chi connectivity index (χ3n) is 1.99. The van der Waals surface area contributed by atoms with Crippen LogP contribution in [0.3, 0.4) is 0 Å². The Morgan fingerprint density at radius 3 is 2.18 bits per heavy atom. The first-order chi connectivity index (χ1) is 4.86. The lowest BCUT2D eigenvalue weighted by Gasteiger charge is -2.26. The second kappa shape index (κ2) is 3.90. The summed E-state index contributed by atoms with van der Waals surface area (Å²) in [5, 5.41) is 0.191. The Labute approximate surface area is 70.5 Å². The van der Waals surface area contributed by atoms with E-state index in [-0.39, 0.29) is 19.8 Å². The molecule has 0 aliphatic carbocycles. The molecule has 0 heterocycles. The van der Waals surface area contributed by atoms with Crippen LogP contribution in [0.4, 0.5) is 0 Å². The van der Waals surface area contributed by atoms with Crippen molar-refractivity contribution in [2.24, 2.45) is 0 Å². The van der Waals surface area contributed by atoms with Gasteiger partial charge in [-0.3, -0.25) is 4.79 Å². The molecule has 3 heteroatoms. The Balaban J connectivity index is 3.82. The third kappa shape index (κ3) is 4.19. The van der Waals surface area contributed by atoms with Crippen molar-refractivity contribution in [2.75, 3.05) is 6.61 Å². The second-order valence-corrected chi connectivity index (χ2v) is 7.02. The fraction of sp³-hybridized carbons (Fsp3) is 0.875. The van der Waals surface area contributed by atoms with Gasteiger partial charge < -0.3 is 4.74 Å². The van der Waals surface area contributed by atoms with E-state index in [4.69, 9.17) is 4.74 Å². The first-order valence-corrected chi connectivity index (χ1v) is 6.30. The number of esters is 1. The topological polar surface area (TPSA) is 26.3 Å². The molecule has 0 N–H and O–H groups in total. The Morgan fingerprint density at radius 2 is 1.91 bits per heavy atom. The molecular formula is C8H17O2Si. The summed E-state index contributed by atoms with van der Waals surface area (Å²) in [7, 11) is -0.384. The van der Waals surface area contributed by atoms with Crippen LogP contribution in [0.2, 0.25) is 18.1 Å². The van der Waals surface area contributed by atoms with E-state index in [1.54, 1.807) is 0 Å². The standard InChI is InChI=1S/C8H17O2Si/c1-7(9)10-6-8(2,3)11(4)5/h6H2,1-5H3. The average Bonchev–Trinajstić information content (AvgIpc) is 1.84. The van der Waals surface area contributed by atoms with Gasteiger partial charge in [0.2, 0.25) is 0 Å². The zero-order chi connectivity index (χ0) is 9.07. The molecule has 0 bridgehead atoms. The molecular weight excluding hydrogens is 156 g/mol. The maximum Gasteiger partial charge on any atom is 0.302 e. The van der Waals surface area contributed by atoms with Crippen molar-refractivity contribution in [1.82, 2.24) is 0 Å². The van der Waals surface area contributed by atoms with Gasteiger partial charge in [-0.15, -0.1) is 0 Å². The van der Waals surface area contributed by atoms with Crippen molar-refractivity contribution in [2.45, 2.75) is 38.9 Å². The van der Waals surface area contributed by atoms with E-state index in [0.717, 1.165) is 0 Å². The molecule has 0 aromatic rings. The van der Waals surface area contributed by atoms with Crippen LogP contribution in [0.15, 0.2) is 0 Å². The van der Waals surface area contributed by atoms with Crippen LogP contribution >= 0.6 is 0 Å². The fourth-order valence-electron chi connectivity index (χ4n) is 0.426.